The van der Waals surface area contributed by atoms with Gasteiger partial charge in [0.2, 0.25) is 0 Å². The summed E-state index contributed by atoms with van der Waals surface area (Å²) in [7, 11) is 0. The molecular formula is C17H11Cl2FO3. The molecule has 23 heavy (non-hydrogen) atoms. The van der Waals surface area contributed by atoms with Crippen LogP contribution in [0.1, 0.15) is 15.9 Å². The van der Waals surface area contributed by atoms with Crippen molar-refractivity contribution in [3.8, 4) is 0 Å². The normalized spacial score (nSPS) is 10.7. The summed E-state index contributed by atoms with van der Waals surface area (Å²) in [6.07, 6.45) is 2.62. The molecule has 0 spiro atoms. The predicted octanol–water partition coefficient (Wildman–Crippen LogP) is 4.57. The van der Waals surface area contributed by atoms with E-state index in [1.165, 1.54) is 18.2 Å². The molecule has 2 aromatic rings. The minimum Gasteiger partial charge on any atom is -0.454 e. The number of halogens is 3. The average Bonchev–Trinajstić information content (AvgIpc) is 2.52. The van der Waals surface area contributed by atoms with Crippen LogP contribution in [0, 0.1) is 5.82 Å². The van der Waals surface area contributed by atoms with Crippen LogP contribution in [-0.4, -0.2) is 18.4 Å². The molecule has 118 valence electrons. The number of hydrogen-bond donors (Lipinski definition) is 0. The highest BCUT2D eigenvalue weighted by atomic mass is 35.5. The first-order valence-electron chi connectivity index (χ1n) is 6.54. The van der Waals surface area contributed by atoms with Gasteiger partial charge in [-0.1, -0.05) is 29.3 Å². The highest BCUT2D eigenvalue weighted by Gasteiger charge is 2.08. The number of carbonyl (C=O) groups excluding carboxylic acids is 2. The molecular weight excluding hydrogens is 342 g/mol. The van der Waals surface area contributed by atoms with Crippen molar-refractivity contribution in [3.63, 3.8) is 0 Å². The molecule has 2 rings (SSSR count). The van der Waals surface area contributed by atoms with Gasteiger partial charge in [0.25, 0.3) is 0 Å². The van der Waals surface area contributed by atoms with E-state index < -0.39 is 24.2 Å². The van der Waals surface area contributed by atoms with Crippen molar-refractivity contribution in [2.75, 3.05) is 6.61 Å². The van der Waals surface area contributed by atoms with E-state index in [1.54, 1.807) is 18.2 Å². The standard InChI is InChI=1S/C17H11Cl2FO3/c18-13-5-1-11(15(19)9-13)4-8-17(22)23-10-16(21)12-2-6-14(20)7-3-12/h1-9H,10H2. The number of ether oxygens (including phenoxy) is 1. The Morgan fingerprint density at radius 2 is 1.78 bits per heavy atom. The lowest BCUT2D eigenvalue weighted by Crippen LogP contribution is -2.12. The molecule has 0 heterocycles. The monoisotopic (exact) mass is 352 g/mol. The molecule has 0 aliphatic carbocycles. The van der Waals surface area contributed by atoms with Crippen LogP contribution in [0.5, 0.6) is 0 Å². The van der Waals surface area contributed by atoms with Crippen LogP contribution < -0.4 is 0 Å². The van der Waals surface area contributed by atoms with Gasteiger partial charge >= 0.3 is 5.97 Å². The lowest BCUT2D eigenvalue weighted by atomic mass is 10.1. The topological polar surface area (TPSA) is 43.4 Å². The third-order valence-electron chi connectivity index (χ3n) is 2.87. The van der Waals surface area contributed by atoms with Crippen molar-refractivity contribution in [1.82, 2.24) is 0 Å². The number of Topliss-reactive ketones (excluding diaryl/α,β-unsaturated/α-hetero) is 1. The molecule has 6 heteroatoms. The van der Waals surface area contributed by atoms with Crippen molar-refractivity contribution in [1.29, 1.82) is 0 Å². The summed E-state index contributed by atoms with van der Waals surface area (Å²) in [6, 6.07) is 9.82. The quantitative estimate of drug-likeness (QED) is 0.449. The van der Waals surface area contributed by atoms with Crippen molar-refractivity contribution in [2.45, 2.75) is 0 Å². The van der Waals surface area contributed by atoms with Crippen LogP contribution in [-0.2, 0) is 9.53 Å². The molecule has 0 atom stereocenters. The molecule has 2 aromatic carbocycles. The summed E-state index contributed by atoms with van der Waals surface area (Å²) in [4.78, 5) is 23.4. The fourth-order valence-corrected chi connectivity index (χ4v) is 2.17. The first-order valence-corrected chi connectivity index (χ1v) is 7.30. The van der Waals surface area contributed by atoms with Gasteiger partial charge in [0.1, 0.15) is 5.82 Å². The first-order chi connectivity index (χ1) is 11.0. The predicted molar refractivity (Wildman–Crippen MR) is 87.2 cm³/mol. The number of benzene rings is 2. The first kappa shape index (κ1) is 17.2. The summed E-state index contributed by atoms with van der Waals surface area (Å²) in [5.74, 6) is -1.55. The summed E-state index contributed by atoms with van der Waals surface area (Å²) >= 11 is 11.7. The van der Waals surface area contributed by atoms with Crippen LogP contribution in [0.3, 0.4) is 0 Å². The highest BCUT2D eigenvalue weighted by molar-refractivity contribution is 6.35. The Bertz CT molecular complexity index is 755. The van der Waals surface area contributed by atoms with Crippen LogP contribution in [0.2, 0.25) is 10.0 Å². The molecule has 0 fully saturated rings. The minimum absolute atomic E-state index is 0.268. The van der Waals surface area contributed by atoms with Gasteiger partial charge in [-0.05, 0) is 48.0 Å². The molecule has 0 N–H and O–H groups in total. The molecule has 0 aliphatic rings. The summed E-state index contributed by atoms with van der Waals surface area (Å²) in [6.45, 7) is -0.427. The van der Waals surface area contributed by atoms with Crippen molar-refractivity contribution in [2.24, 2.45) is 0 Å². The summed E-state index contributed by atoms with van der Waals surface area (Å²) in [5, 5.41) is 0.878. The van der Waals surface area contributed by atoms with E-state index >= 15 is 0 Å². The Labute approximate surface area is 142 Å². The molecule has 0 bridgehead atoms. The maximum Gasteiger partial charge on any atom is 0.331 e. The van der Waals surface area contributed by atoms with Gasteiger partial charge in [-0.2, -0.15) is 0 Å². The Morgan fingerprint density at radius 1 is 1.09 bits per heavy atom. The zero-order valence-corrected chi connectivity index (χ0v) is 13.3. The zero-order chi connectivity index (χ0) is 16.8. The van der Waals surface area contributed by atoms with Crippen LogP contribution >= 0.6 is 23.2 Å². The summed E-state index contributed by atoms with van der Waals surface area (Å²) < 4.78 is 17.6. The van der Waals surface area contributed by atoms with Gasteiger partial charge in [-0.15, -0.1) is 0 Å². The molecule has 0 aromatic heterocycles. The molecule has 0 amide bonds. The van der Waals surface area contributed by atoms with E-state index in [0.717, 1.165) is 18.2 Å². The number of carbonyl (C=O) groups is 2. The largest absolute Gasteiger partial charge is 0.454 e. The Morgan fingerprint density at radius 3 is 2.43 bits per heavy atom. The van der Waals surface area contributed by atoms with Crippen molar-refractivity contribution < 1.29 is 18.7 Å². The SMILES string of the molecule is O=C(C=Cc1ccc(Cl)cc1Cl)OCC(=O)c1ccc(F)cc1. The molecule has 0 radical (unpaired) electrons. The maximum atomic E-state index is 12.8. The van der Waals surface area contributed by atoms with Crippen LogP contribution in [0.4, 0.5) is 4.39 Å². The Hall–Kier alpha value is -2.17. The van der Waals surface area contributed by atoms with E-state index in [9.17, 15) is 14.0 Å². The third kappa shape index (κ3) is 5.20. The lowest BCUT2D eigenvalue weighted by Gasteiger charge is -2.02. The summed E-state index contributed by atoms with van der Waals surface area (Å²) in [5.41, 5.74) is 0.863. The van der Waals surface area contributed by atoms with E-state index in [-0.39, 0.29) is 5.56 Å². The van der Waals surface area contributed by atoms with Gasteiger partial charge in [-0.25, -0.2) is 9.18 Å². The van der Waals surface area contributed by atoms with Gasteiger partial charge in [0.05, 0.1) is 0 Å². The lowest BCUT2D eigenvalue weighted by molar-refractivity contribution is -0.136. The van der Waals surface area contributed by atoms with E-state index in [1.807, 2.05) is 0 Å². The minimum atomic E-state index is -0.688. The molecule has 0 aliphatic heterocycles. The van der Waals surface area contributed by atoms with Gasteiger partial charge in [0.15, 0.2) is 12.4 Å². The average molecular weight is 353 g/mol. The second-order valence-corrected chi connectivity index (χ2v) is 5.38. The van der Waals surface area contributed by atoms with Gasteiger partial charge in [0, 0.05) is 21.7 Å². The highest BCUT2D eigenvalue weighted by Crippen LogP contribution is 2.21. The third-order valence-corrected chi connectivity index (χ3v) is 3.44. The fraction of sp³-hybridized carbons (Fsp3) is 0.0588. The zero-order valence-electron chi connectivity index (χ0n) is 11.8. The second-order valence-electron chi connectivity index (χ2n) is 4.54. The van der Waals surface area contributed by atoms with Crippen molar-refractivity contribution in [3.05, 3.63) is 75.5 Å². The van der Waals surface area contributed by atoms with Crippen molar-refractivity contribution >= 4 is 41.0 Å². The fourth-order valence-electron chi connectivity index (χ4n) is 1.70. The number of rotatable bonds is 5. The maximum absolute atomic E-state index is 12.8. The smallest absolute Gasteiger partial charge is 0.331 e. The number of ketones is 1. The number of hydrogen-bond acceptors (Lipinski definition) is 3. The van der Waals surface area contributed by atoms with Gasteiger partial charge < -0.3 is 4.74 Å². The van der Waals surface area contributed by atoms with E-state index in [2.05, 4.69) is 0 Å². The Balaban J connectivity index is 1.90. The molecule has 0 saturated heterocycles. The number of esters is 1. The van der Waals surface area contributed by atoms with Gasteiger partial charge in [-0.3, -0.25) is 4.79 Å². The molecule has 0 unspecified atom stereocenters. The van der Waals surface area contributed by atoms with Crippen LogP contribution in [0.15, 0.2) is 48.5 Å². The van der Waals surface area contributed by atoms with E-state index in [4.69, 9.17) is 27.9 Å². The molecule has 3 nitrogen and oxygen atoms in total. The second kappa shape index (κ2) is 7.90. The Kier molecular flexibility index (Phi) is 5.90. The van der Waals surface area contributed by atoms with Crippen LogP contribution in [0.25, 0.3) is 6.08 Å². The molecule has 0 saturated carbocycles. The van der Waals surface area contributed by atoms with E-state index in [0.29, 0.717) is 15.6 Å².